The Morgan fingerprint density at radius 1 is 1.47 bits per heavy atom. The maximum absolute atomic E-state index is 11.6. The van der Waals surface area contributed by atoms with Crippen molar-refractivity contribution in [2.24, 2.45) is 0 Å². The average molecular weight is 244 g/mol. The van der Waals surface area contributed by atoms with Gasteiger partial charge in [0, 0.05) is 11.1 Å². The van der Waals surface area contributed by atoms with Gasteiger partial charge in [0.25, 0.3) is 0 Å². The molecule has 0 spiro atoms. The molecule has 2 rings (SSSR count). The lowest BCUT2D eigenvalue weighted by Gasteiger charge is -2.10. The summed E-state index contributed by atoms with van der Waals surface area (Å²) in [5, 5.41) is 2.80. The minimum absolute atomic E-state index is 0.138. The van der Waals surface area contributed by atoms with Gasteiger partial charge < -0.3 is 5.32 Å². The fraction of sp³-hybridized carbons (Fsp3) is 0.364. The number of benzene rings is 1. The molecule has 1 N–H and O–H groups in total. The molecule has 0 heterocycles. The minimum Gasteiger partial charge on any atom is -0.352 e. The Bertz CT molecular complexity index is 377. The SMILES string of the molecule is O=C(NC1CC1)C(Cl)c1cccc(Cl)c1. The first-order valence-electron chi connectivity index (χ1n) is 4.87. The standard InChI is InChI=1S/C11H11Cl2NO/c12-8-3-1-2-7(6-8)10(13)11(15)14-9-4-5-9/h1-3,6,9-10H,4-5H2,(H,14,15). The van der Waals surface area contributed by atoms with Crippen molar-refractivity contribution in [2.75, 3.05) is 0 Å². The molecule has 0 saturated heterocycles. The smallest absolute Gasteiger partial charge is 0.242 e. The molecule has 0 aliphatic heterocycles. The maximum atomic E-state index is 11.6. The van der Waals surface area contributed by atoms with Crippen molar-refractivity contribution in [3.8, 4) is 0 Å². The van der Waals surface area contributed by atoms with Gasteiger partial charge in [0.1, 0.15) is 5.38 Å². The summed E-state index contributed by atoms with van der Waals surface area (Å²) < 4.78 is 0. The van der Waals surface area contributed by atoms with Crippen molar-refractivity contribution in [1.29, 1.82) is 0 Å². The summed E-state index contributed by atoms with van der Waals surface area (Å²) in [6.45, 7) is 0. The lowest BCUT2D eigenvalue weighted by atomic mass is 10.1. The zero-order valence-electron chi connectivity index (χ0n) is 8.04. The van der Waals surface area contributed by atoms with E-state index in [2.05, 4.69) is 5.32 Å². The highest BCUT2D eigenvalue weighted by Gasteiger charge is 2.27. The number of hydrogen-bond donors (Lipinski definition) is 1. The third kappa shape index (κ3) is 2.86. The summed E-state index contributed by atoms with van der Waals surface area (Å²) in [5.41, 5.74) is 0.738. The Balaban J connectivity index is 2.05. The first kappa shape index (κ1) is 10.8. The zero-order chi connectivity index (χ0) is 10.8. The van der Waals surface area contributed by atoms with E-state index in [9.17, 15) is 4.79 Å². The van der Waals surface area contributed by atoms with E-state index in [1.165, 1.54) is 0 Å². The predicted molar refractivity (Wildman–Crippen MR) is 61.2 cm³/mol. The highest BCUT2D eigenvalue weighted by molar-refractivity contribution is 6.32. The number of rotatable bonds is 3. The summed E-state index contributed by atoms with van der Waals surface area (Å²) in [6, 6.07) is 7.39. The van der Waals surface area contributed by atoms with Gasteiger partial charge in [0.2, 0.25) is 5.91 Å². The van der Waals surface area contributed by atoms with Gasteiger partial charge in [0.05, 0.1) is 0 Å². The van der Waals surface area contributed by atoms with E-state index in [1.807, 2.05) is 0 Å². The van der Waals surface area contributed by atoms with Crippen LogP contribution in [-0.4, -0.2) is 11.9 Å². The Morgan fingerprint density at radius 3 is 2.80 bits per heavy atom. The van der Waals surface area contributed by atoms with Crippen LogP contribution < -0.4 is 5.32 Å². The van der Waals surface area contributed by atoms with Crippen LogP contribution in [-0.2, 0) is 4.79 Å². The van der Waals surface area contributed by atoms with Gasteiger partial charge in [-0.05, 0) is 30.5 Å². The molecular formula is C11H11Cl2NO. The molecule has 1 unspecified atom stereocenters. The van der Waals surface area contributed by atoms with Crippen LogP contribution in [0.15, 0.2) is 24.3 Å². The van der Waals surface area contributed by atoms with Gasteiger partial charge in [-0.2, -0.15) is 0 Å². The van der Waals surface area contributed by atoms with E-state index in [0.717, 1.165) is 18.4 Å². The minimum atomic E-state index is -0.649. The Hall–Kier alpha value is -0.730. The van der Waals surface area contributed by atoms with Crippen LogP contribution in [0.3, 0.4) is 0 Å². The second kappa shape index (κ2) is 4.42. The van der Waals surface area contributed by atoms with E-state index >= 15 is 0 Å². The quantitative estimate of drug-likeness (QED) is 0.814. The second-order valence-corrected chi connectivity index (χ2v) is 4.57. The maximum Gasteiger partial charge on any atom is 0.242 e. The first-order chi connectivity index (χ1) is 7.16. The third-order valence-corrected chi connectivity index (χ3v) is 2.98. The van der Waals surface area contributed by atoms with Crippen LogP contribution in [0.5, 0.6) is 0 Å². The van der Waals surface area contributed by atoms with Gasteiger partial charge in [-0.1, -0.05) is 23.7 Å². The van der Waals surface area contributed by atoms with Crippen molar-refractivity contribution in [3.63, 3.8) is 0 Å². The van der Waals surface area contributed by atoms with Crippen LogP contribution in [0, 0.1) is 0 Å². The van der Waals surface area contributed by atoms with Gasteiger partial charge in [-0.15, -0.1) is 11.6 Å². The molecule has 1 saturated carbocycles. The van der Waals surface area contributed by atoms with Crippen LogP contribution >= 0.6 is 23.2 Å². The molecule has 1 fully saturated rings. The largest absolute Gasteiger partial charge is 0.352 e. The molecule has 0 aromatic heterocycles. The summed E-state index contributed by atoms with van der Waals surface area (Å²) in [7, 11) is 0. The number of halogens is 2. The summed E-state index contributed by atoms with van der Waals surface area (Å²) in [6.07, 6.45) is 2.12. The Morgan fingerprint density at radius 2 is 2.20 bits per heavy atom. The number of carbonyl (C=O) groups is 1. The van der Waals surface area contributed by atoms with Gasteiger partial charge in [0.15, 0.2) is 0 Å². The highest BCUT2D eigenvalue weighted by atomic mass is 35.5. The lowest BCUT2D eigenvalue weighted by molar-refractivity contribution is -0.121. The topological polar surface area (TPSA) is 29.1 Å². The number of amides is 1. The number of nitrogens with one attached hydrogen (secondary N) is 1. The van der Waals surface area contributed by atoms with Gasteiger partial charge in [-0.25, -0.2) is 0 Å². The Kier molecular flexibility index (Phi) is 3.17. The molecule has 0 radical (unpaired) electrons. The van der Waals surface area contributed by atoms with Crippen LogP contribution in [0.25, 0.3) is 0 Å². The summed E-state index contributed by atoms with van der Waals surface area (Å²) >= 11 is 11.9. The van der Waals surface area contributed by atoms with Gasteiger partial charge >= 0.3 is 0 Å². The predicted octanol–water partition coefficient (Wildman–Crippen LogP) is 2.90. The molecule has 15 heavy (non-hydrogen) atoms. The van der Waals surface area contributed by atoms with E-state index in [0.29, 0.717) is 11.1 Å². The van der Waals surface area contributed by atoms with Crippen molar-refractivity contribution in [1.82, 2.24) is 5.32 Å². The van der Waals surface area contributed by atoms with Crippen molar-refractivity contribution >= 4 is 29.1 Å². The van der Waals surface area contributed by atoms with E-state index < -0.39 is 5.38 Å². The van der Waals surface area contributed by atoms with Crippen molar-refractivity contribution < 1.29 is 4.79 Å². The summed E-state index contributed by atoms with van der Waals surface area (Å²) in [5.74, 6) is -0.138. The molecule has 1 aliphatic rings. The van der Waals surface area contributed by atoms with E-state index in [4.69, 9.17) is 23.2 Å². The van der Waals surface area contributed by atoms with Crippen molar-refractivity contribution in [2.45, 2.75) is 24.3 Å². The molecule has 1 amide bonds. The normalized spacial score (nSPS) is 17.2. The molecule has 0 bridgehead atoms. The molecule has 4 heteroatoms. The fourth-order valence-electron chi connectivity index (χ4n) is 1.32. The van der Waals surface area contributed by atoms with Gasteiger partial charge in [-0.3, -0.25) is 4.79 Å². The number of alkyl halides is 1. The molecule has 1 aliphatic carbocycles. The van der Waals surface area contributed by atoms with E-state index in [-0.39, 0.29) is 5.91 Å². The second-order valence-electron chi connectivity index (χ2n) is 3.70. The highest BCUT2D eigenvalue weighted by Crippen LogP contribution is 2.26. The van der Waals surface area contributed by atoms with Crippen LogP contribution in [0.1, 0.15) is 23.8 Å². The average Bonchev–Trinajstić information content (AvgIpc) is 3.00. The number of hydrogen-bond acceptors (Lipinski definition) is 1. The fourth-order valence-corrected chi connectivity index (χ4v) is 1.72. The molecule has 2 nitrogen and oxygen atoms in total. The van der Waals surface area contributed by atoms with Crippen molar-refractivity contribution in [3.05, 3.63) is 34.9 Å². The van der Waals surface area contributed by atoms with Crippen LogP contribution in [0.2, 0.25) is 5.02 Å². The zero-order valence-corrected chi connectivity index (χ0v) is 9.55. The molecular weight excluding hydrogens is 233 g/mol. The Labute approximate surface area is 98.6 Å². The molecule has 1 aromatic rings. The number of carbonyl (C=O) groups excluding carboxylic acids is 1. The molecule has 1 atom stereocenters. The first-order valence-corrected chi connectivity index (χ1v) is 5.68. The molecule has 1 aromatic carbocycles. The van der Waals surface area contributed by atoms with E-state index in [1.54, 1.807) is 24.3 Å². The molecule has 80 valence electrons. The lowest BCUT2D eigenvalue weighted by Crippen LogP contribution is -2.28. The summed E-state index contributed by atoms with van der Waals surface area (Å²) in [4.78, 5) is 11.6. The third-order valence-electron chi connectivity index (χ3n) is 2.30. The monoisotopic (exact) mass is 243 g/mol. The van der Waals surface area contributed by atoms with Crippen LogP contribution in [0.4, 0.5) is 0 Å².